The van der Waals surface area contributed by atoms with E-state index < -0.39 is 0 Å². The van der Waals surface area contributed by atoms with Gasteiger partial charge in [-0.2, -0.15) is 5.10 Å². The Morgan fingerprint density at radius 1 is 1.50 bits per heavy atom. The molecule has 1 heterocycles. The first-order valence-electron chi connectivity index (χ1n) is 4.41. The van der Waals surface area contributed by atoms with Crippen LogP contribution in [0.3, 0.4) is 0 Å². The van der Waals surface area contributed by atoms with Crippen LogP contribution in [0.5, 0.6) is 5.75 Å². The number of rotatable bonds is 1. The van der Waals surface area contributed by atoms with E-state index in [2.05, 4.69) is 5.10 Å². The summed E-state index contributed by atoms with van der Waals surface area (Å²) in [5, 5.41) is 14.4. The largest absolute Gasteiger partial charge is 0.508 e. The highest BCUT2D eigenvalue weighted by Crippen LogP contribution is 2.15. The molecular weight excluding hydrogens is 180 g/mol. The molecule has 2 aromatic rings. The van der Waals surface area contributed by atoms with Crippen LogP contribution in [0.2, 0.25) is 0 Å². The van der Waals surface area contributed by atoms with Crippen LogP contribution in [0.25, 0.3) is 10.8 Å². The summed E-state index contributed by atoms with van der Waals surface area (Å²) >= 11 is 0. The van der Waals surface area contributed by atoms with Crippen LogP contribution in [-0.2, 0) is 6.54 Å². The highest BCUT2D eigenvalue weighted by atomic mass is 16.3. The number of fused-ring (bicyclic) bond motifs is 1. The van der Waals surface area contributed by atoms with E-state index in [1.807, 2.05) is 6.92 Å². The molecule has 2 rings (SSSR count). The van der Waals surface area contributed by atoms with Crippen LogP contribution in [0.4, 0.5) is 0 Å². The third kappa shape index (κ3) is 1.25. The molecule has 4 nitrogen and oxygen atoms in total. The van der Waals surface area contributed by atoms with Crippen LogP contribution in [0.15, 0.2) is 29.2 Å². The van der Waals surface area contributed by atoms with Crippen molar-refractivity contribution in [2.45, 2.75) is 13.5 Å². The Bertz CT molecular complexity index is 531. The maximum Gasteiger partial charge on any atom is 0.274 e. The number of nitrogens with zero attached hydrogens (tertiary/aromatic N) is 2. The number of aromatic hydroxyl groups is 1. The van der Waals surface area contributed by atoms with Crippen molar-refractivity contribution in [3.63, 3.8) is 0 Å². The minimum absolute atomic E-state index is 0.120. The quantitative estimate of drug-likeness (QED) is 0.733. The number of aryl methyl sites for hydroxylation is 1. The molecule has 0 radical (unpaired) electrons. The Morgan fingerprint density at radius 3 is 3.00 bits per heavy atom. The summed E-state index contributed by atoms with van der Waals surface area (Å²) in [5.41, 5.74) is -0.120. The minimum Gasteiger partial charge on any atom is -0.508 e. The molecule has 0 unspecified atom stereocenters. The molecule has 4 heteroatoms. The lowest BCUT2D eigenvalue weighted by atomic mass is 10.2. The molecule has 0 saturated heterocycles. The summed E-state index contributed by atoms with van der Waals surface area (Å²) in [6.45, 7) is 2.41. The average molecular weight is 190 g/mol. The summed E-state index contributed by atoms with van der Waals surface area (Å²) < 4.78 is 1.39. The molecule has 0 saturated carbocycles. The van der Waals surface area contributed by atoms with Gasteiger partial charge in [0.05, 0.1) is 11.6 Å². The van der Waals surface area contributed by atoms with Crippen molar-refractivity contribution in [1.29, 1.82) is 0 Å². The number of phenols is 1. The fraction of sp³-hybridized carbons (Fsp3) is 0.200. The Kier molecular flexibility index (Phi) is 1.96. The monoisotopic (exact) mass is 190 g/mol. The number of hydrogen-bond donors (Lipinski definition) is 1. The first-order chi connectivity index (χ1) is 6.72. The maximum atomic E-state index is 11.7. The summed E-state index contributed by atoms with van der Waals surface area (Å²) in [6, 6.07) is 4.65. The van der Waals surface area contributed by atoms with Crippen molar-refractivity contribution in [1.82, 2.24) is 9.78 Å². The van der Waals surface area contributed by atoms with Crippen molar-refractivity contribution in [3.8, 4) is 5.75 Å². The topological polar surface area (TPSA) is 55.1 Å². The van der Waals surface area contributed by atoms with E-state index in [-0.39, 0.29) is 11.3 Å². The van der Waals surface area contributed by atoms with Gasteiger partial charge >= 0.3 is 0 Å². The first-order valence-corrected chi connectivity index (χ1v) is 4.41. The number of phenolic OH excluding ortho intramolecular Hbond substituents is 1. The molecule has 1 N–H and O–H groups in total. The third-order valence-electron chi connectivity index (χ3n) is 2.14. The summed E-state index contributed by atoms with van der Waals surface area (Å²) in [7, 11) is 0. The Morgan fingerprint density at radius 2 is 2.29 bits per heavy atom. The van der Waals surface area contributed by atoms with Gasteiger partial charge in [-0.05, 0) is 25.1 Å². The lowest BCUT2D eigenvalue weighted by Gasteiger charge is -2.02. The second kappa shape index (κ2) is 3.14. The minimum atomic E-state index is -0.120. The van der Waals surface area contributed by atoms with Crippen molar-refractivity contribution in [2.24, 2.45) is 0 Å². The Balaban J connectivity index is 2.84. The van der Waals surface area contributed by atoms with E-state index in [1.54, 1.807) is 12.3 Å². The van der Waals surface area contributed by atoms with Crippen molar-refractivity contribution < 1.29 is 5.11 Å². The van der Waals surface area contributed by atoms with E-state index in [4.69, 9.17) is 0 Å². The van der Waals surface area contributed by atoms with E-state index >= 15 is 0 Å². The lowest BCUT2D eigenvalue weighted by molar-refractivity contribution is 0.476. The van der Waals surface area contributed by atoms with Crippen LogP contribution >= 0.6 is 0 Å². The number of benzene rings is 1. The zero-order chi connectivity index (χ0) is 10.1. The summed E-state index contributed by atoms with van der Waals surface area (Å²) in [6.07, 6.45) is 1.58. The molecule has 0 amide bonds. The van der Waals surface area contributed by atoms with Crippen LogP contribution in [0.1, 0.15) is 6.92 Å². The number of aromatic nitrogens is 2. The molecule has 0 aliphatic carbocycles. The smallest absolute Gasteiger partial charge is 0.274 e. The summed E-state index contributed by atoms with van der Waals surface area (Å²) in [5.74, 6) is 0.146. The van der Waals surface area contributed by atoms with Gasteiger partial charge in [0, 0.05) is 11.9 Å². The van der Waals surface area contributed by atoms with Gasteiger partial charge in [0.2, 0.25) is 0 Å². The zero-order valence-corrected chi connectivity index (χ0v) is 7.77. The van der Waals surface area contributed by atoms with E-state index in [0.717, 1.165) is 0 Å². The van der Waals surface area contributed by atoms with Gasteiger partial charge in [-0.15, -0.1) is 0 Å². The maximum absolute atomic E-state index is 11.7. The fourth-order valence-electron chi connectivity index (χ4n) is 1.40. The van der Waals surface area contributed by atoms with Crippen molar-refractivity contribution >= 4 is 10.8 Å². The highest BCUT2D eigenvalue weighted by Gasteiger charge is 2.02. The van der Waals surface area contributed by atoms with E-state index in [1.165, 1.54) is 16.8 Å². The summed E-state index contributed by atoms with van der Waals surface area (Å²) in [4.78, 5) is 11.7. The third-order valence-corrected chi connectivity index (χ3v) is 2.14. The van der Waals surface area contributed by atoms with E-state index in [9.17, 15) is 9.90 Å². The molecule has 72 valence electrons. The van der Waals surface area contributed by atoms with E-state index in [0.29, 0.717) is 17.3 Å². The van der Waals surface area contributed by atoms with Gasteiger partial charge < -0.3 is 5.11 Å². The Labute approximate surface area is 80.4 Å². The van der Waals surface area contributed by atoms with Gasteiger partial charge in [0.15, 0.2) is 0 Å². The van der Waals surface area contributed by atoms with Crippen molar-refractivity contribution in [2.75, 3.05) is 0 Å². The van der Waals surface area contributed by atoms with Crippen LogP contribution in [0, 0.1) is 0 Å². The molecule has 0 aliphatic heterocycles. The predicted octanol–water partition coefficient (Wildman–Crippen LogP) is 1.12. The number of hydrogen-bond acceptors (Lipinski definition) is 3. The van der Waals surface area contributed by atoms with Gasteiger partial charge in [0.1, 0.15) is 5.75 Å². The molecule has 0 atom stereocenters. The second-order valence-electron chi connectivity index (χ2n) is 3.04. The van der Waals surface area contributed by atoms with Crippen LogP contribution < -0.4 is 5.56 Å². The highest BCUT2D eigenvalue weighted by molar-refractivity contribution is 5.81. The molecule has 0 fully saturated rings. The van der Waals surface area contributed by atoms with Gasteiger partial charge in [-0.25, -0.2) is 4.68 Å². The standard InChI is InChI=1S/C10H10N2O2/c1-2-12-10(14)9-4-3-8(13)5-7(9)6-11-12/h3-6,13H,2H2,1H3. The van der Waals surface area contributed by atoms with Gasteiger partial charge in [-0.1, -0.05) is 0 Å². The molecule has 0 bridgehead atoms. The average Bonchev–Trinajstić information content (AvgIpc) is 2.18. The second-order valence-corrected chi connectivity index (χ2v) is 3.04. The van der Waals surface area contributed by atoms with Crippen molar-refractivity contribution in [3.05, 3.63) is 34.7 Å². The molecule has 14 heavy (non-hydrogen) atoms. The SMILES string of the molecule is CCn1ncc2cc(O)ccc2c1=O. The predicted molar refractivity (Wildman–Crippen MR) is 53.3 cm³/mol. The van der Waals surface area contributed by atoms with Crippen LogP contribution in [-0.4, -0.2) is 14.9 Å². The van der Waals surface area contributed by atoms with Gasteiger partial charge in [-0.3, -0.25) is 4.79 Å². The molecule has 0 spiro atoms. The molecule has 1 aromatic heterocycles. The van der Waals surface area contributed by atoms with Gasteiger partial charge in [0.25, 0.3) is 5.56 Å². The normalized spacial score (nSPS) is 10.6. The first kappa shape index (κ1) is 8.74. The molecule has 1 aromatic carbocycles. The lowest BCUT2D eigenvalue weighted by Crippen LogP contribution is -2.21. The Hall–Kier alpha value is -1.84. The zero-order valence-electron chi connectivity index (χ0n) is 7.77. The fourth-order valence-corrected chi connectivity index (χ4v) is 1.40. The molecule has 0 aliphatic rings. The molecular formula is C10H10N2O2.